The number of hydrogen-bond donors (Lipinski definition) is 2. The molecule has 20 heavy (non-hydrogen) atoms. The van der Waals surface area contributed by atoms with Crippen LogP contribution in [0.2, 0.25) is 0 Å². The van der Waals surface area contributed by atoms with E-state index in [1.165, 1.54) is 22.2 Å². The molecule has 0 saturated carbocycles. The maximum atomic E-state index is 5.61. The van der Waals surface area contributed by atoms with Gasteiger partial charge in [0.25, 0.3) is 0 Å². The van der Waals surface area contributed by atoms with Crippen LogP contribution in [0.25, 0.3) is 22.2 Å². The van der Waals surface area contributed by atoms with Gasteiger partial charge in [0.05, 0.1) is 5.69 Å². The number of H-pyrrole nitrogens is 1. The highest BCUT2D eigenvalue weighted by molar-refractivity contribution is 5.90. The summed E-state index contributed by atoms with van der Waals surface area (Å²) in [6.45, 7) is 0.755. The molecule has 0 saturated heterocycles. The van der Waals surface area contributed by atoms with Crippen LogP contribution in [0.4, 0.5) is 0 Å². The number of para-hydroxylation sites is 1. The third kappa shape index (κ3) is 2.45. The van der Waals surface area contributed by atoms with Gasteiger partial charge < -0.3 is 10.7 Å². The minimum absolute atomic E-state index is 0.755. The average Bonchev–Trinajstić information content (AvgIpc) is 2.87. The second-order valence-corrected chi connectivity index (χ2v) is 5.01. The van der Waals surface area contributed by atoms with Crippen molar-refractivity contribution in [3.63, 3.8) is 0 Å². The van der Waals surface area contributed by atoms with Crippen LogP contribution in [0.15, 0.2) is 48.8 Å². The minimum atomic E-state index is 0.755. The number of hydrogen-bond acceptors (Lipinski definition) is 2. The molecule has 0 atom stereocenters. The van der Waals surface area contributed by atoms with E-state index in [0.717, 1.165) is 31.4 Å². The Morgan fingerprint density at radius 1 is 1.05 bits per heavy atom. The summed E-state index contributed by atoms with van der Waals surface area (Å²) in [5, 5.41) is 1.31. The van der Waals surface area contributed by atoms with Gasteiger partial charge in [-0.25, -0.2) is 0 Å². The standard InChI is InChI=1S/C17H19N3/c18-10-4-3-8-15-14-7-1-2-9-16(14)20-17(15)13-6-5-11-19-12-13/h1-2,5-7,9,11-12,20H,3-4,8,10,18H2. The fourth-order valence-corrected chi connectivity index (χ4v) is 2.66. The molecule has 3 aromatic rings. The lowest BCUT2D eigenvalue weighted by atomic mass is 10.0. The molecule has 0 radical (unpaired) electrons. The third-order valence-electron chi connectivity index (χ3n) is 3.64. The van der Waals surface area contributed by atoms with E-state index in [1.807, 2.05) is 12.3 Å². The normalized spacial score (nSPS) is 11.1. The van der Waals surface area contributed by atoms with E-state index in [1.54, 1.807) is 6.20 Å². The second kappa shape index (κ2) is 5.88. The number of unbranched alkanes of at least 4 members (excludes halogenated alkanes) is 1. The van der Waals surface area contributed by atoms with Crippen molar-refractivity contribution in [1.29, 1.82) is 0 Å². The van der Waals surface area contributed by atoms with Gasteiger partial charge in [0.15, 0.2) is 0 Å². The number of fused-ring (bicyclic) bond motifs is 1. The van der Waals surface area contributed by atoms with Gasteiger partial charge >= 0.3 is 0 Å². The van der Waals surface area contributed by atoms with Gasteiger partial charge in [-0.05, 0) is 49.6 Å². The van der Waals surface area contributed by atoms with Crippen LogP contribution in [-0.4, -0.2) is 16.5 Å². The van der Waals surface area contributed by atoms with Crippen LogP contribution in [0.1, 0.15) is 18.4 Å². The number of pyridine rings is 1. The zero-order chi connectivity index (χ0) is 13.8. The number of aromatic nitrogens is 2. The van der Waals surface area contributed by atoms with Gasteiger partial charge in [-0.2, -0.15) is 0 Å². The van der Waals surface area contributed by atoms with E-state index in [9.17, 15) is 0 Å². The summed E-state index contributed by atoms with van der Waals surface area (Å²) >= 11 is 0. The van der Waals surface area contributed by atoms with E-state index < -0.39 is 0 Å². The molecule has 0 aliphatic carbocycles. The highest BCUT2D eigenvalue weighted by Crippen LogP contribution is 2.30. The molecular weight excluding hydrogens is 246 g/mol. The Balaban J connectivity index is 2.08. The van der Waals surface area contributed by atoms with Crippen molar-refractivity contribution >= 4 is 10.9 Å². The maximum Gasteiger partial charge on any atom is 0.0512 e. The van der Waals surface area contributed by atoms with Crippen molar-refractivity contribution in [3.05, 3.63) is 54.4 Å². The summed E-state index contributed by atoms with van der Waals surface area (Å²) in [7, 11) is 0. The molecular formula is C17H19N3. The molecule has 0 fully saturated rings. The number of nitrogens with one attached hydrogen (secondary N) is 1. The number of benzene rings is 1. The summed E-state index contributed by atoms with van der Waals surface area (Å²) in [5.74, 6) is 0. The lowest BCUT2D eigenvalue weighted by Gasteiger charge is -2.04. The molecule has 1 aromatic carbocycles. The van der Waals surface area contributed by atoms with Crippen LogP contribution in [0, 0.1) is 0 Å². The summed E-state index contributed by atoms with van der Waals surface area (Å²) in [5.41, 5.74) is 10.5. The lowest BCUT2D eigenvalue weighted by molar-refractivity contribution is 0.748. The molecule has 2 aromatic heterocycles. The van der Waals surface area contributed by atoms with Crippen LogP contribution in [0.3, 0.4) is 0 Å². The van der Waals surface area contributed by atoms with Gasteiger partial charge in [0, 0.05) is 28.9 Å². The molecule has 3 heteroatoms. The number of aromatic amines is 1. The van der Waals surface area contributed by atoms with Crippen molar-refractivity contribution < 1.29 is 0 Å². The molecule has 102 valence electrons. The Morgan fingerprint density at radius 2 is 1.95 bits per heavy atom. The minimum Gasteiger partial charge on any atom is -0.354 e. The first-order valence-corrected chi connectivity index (χ1v) is 7.10. The first-order valence-electron chi connectivity index (χ1n) is 7.10. The van der Waals surface area contributed by atoms with E-state index >= 15 is 0 Å². The lowest BCUT2D eigenvalue weighted by Crippen LogP contribution is -1.99. The van der Waals surface area contributed by atoms with Crippen molar-refractivity contribution in [2.45, 2.75) is 19.3 Å². The number of nitrogens with zero attached hydrogens (tertiary/aromatic N) is 1. The van der Waals surface area contributed by atoms with Gasteiger partial charge in [0.1, 0.15) is 0 Å². The average molecular weight is 265 g/mol. The summed E-state index contributed by atoms with van der Waals surface area (Å²) < 4.78 is 0. The van der Waals surface area contributed by atoms with E-state index in [4.69, 9.17) is 5.73 Å². The predicted molar refractivity (Wildman–Crippen MR) is 83.5 cm³/mol. The molecule has 0 aliphatic rings. The first kappa shape index (κ1) is 12.9. The predicted octanol–water partition coefficient (Wildman–Crippen LogP) is 3.51. The molecule has 0 aliphatic heterocycles. The van der Waals surface area contributed by atoms with Crippen molar-refractivity contribution in [3.8, 4) is 11.3 Å². The van der Waals surface area contributed by atoms with Crippen LogP contribution < -0.4 is 5.73 Å². The first-order chi connectivity index (χ1) is 9.90. The van der Waals surface area contributed by atoms with Crippen LogP contribution in [0.5, 0.6) is 0 Å². The van der Waals surface area contributed by atoms with E-state index in [2.05, 4.69) is 40.3 Å². The zero-order valence-corrected chi connectivity index (χ0v) is 11.5. The van der Waals surface area contributed by atoms with Crippen molar-refractivity contribution in [1.82, 2.24) is 9.97 Å². The van der Waals surface area contributed by atoms with E-state index in [0.29, 0.717) is 0 Å². The Bertz CT molecular complexity index is 686. The van der Waals surface area contributed by atoms with E-state index in [-0.39, 0.29) is 0 Å². The SMILES string of the molecule is NCCCCc1c(-c2cccnc2)[nH]c2ccccc12. The number of nitrogens with two attached hydrogens (primary N) is 1. The fraction of sp³-hybridized carbons (Fsp3) is 0.235. The maximum absolute atomic E-state index is 5.61. The van der Waals surface area contributed by atoms with Gasteiger partial charge in [-0.1, -0.05) is 18.2 Å². The molecule has 3 N–H and O–H groups in total. The highest BCUT2D eigenvalue weighted by atomic mass is 14.7. The van der Waals surface area contributed by atoms with Crippen LogP contribution in [-0.2, 0) is 6.42 Å². The number of aryl methyl sites for hydroxylation is 1. The Kier molecular flexibility index (Phi) is 3.79. The molecule has 2 heterocycles. The highest BCUT2D eigenvalue weighted by Gasteiger charge is 2.12. The van der Waals surface area contributed by atoms with Crippen molar-refractivity contribution in [2.24, 2.45) is 5.73 Å². The Hall–Kier alpha value is -2.13. The molecule has 0 amide bonds. The Morgan fingerprint density at radius 3 is 2.75 bits per heavy atom. The third-order valence-corrected chi connectivity index (χ3v) is 3.64. The molecule has 3 rings (SSSR count). The van der Waals surface area contributed by atoms with Gasteiger partial charge in [-0.3, -0.25) is 4.98 Å². The monoisotopic (exact) mass is 265 g/mol. The number of rotatable bonds is 5. The molecule has 3 nitrogen and oxygen atoms in total. The quantitative estimate of drug-likeness (QED) is 0.694. The topological polar surface area (TPSA) is 54.7 Å². The summed E-state index contributed by atoms with van der Waals surface area (Å²) in [4.78, 5) is 7.76. The van der Waals surface area contributed by atoms with Crippen molar-refractivity contribution in [2.75, 3.05) is 6.54 Å². The zero-order valence-electron chi connectivity index (χ0n) is 11.5. The molecule has 0 spiro atoms. The molecule has 0 unspecified atom stereocenters. The largest absolute Gasteiger partial charge is 0.354 e. The smallest absolute Gasteiger partial charge is 0.0512 e. The van der Waals surface area contributed by atoms with Gasteiger partial charge in [-0.15, -0.1) is 0 Å². The summed E-state index contributed by atoms with van der Waals surface area (Å²) in [6.07, 6.45) is 6.94. The van der Waals surface area contributed by atoms with Crippen LogP contribution >= 0.6 is 0 Å². The second-order valence-electron chi connectivity index (χ2n) is 5.01. The Labute approximate surface area is 118 Å². The summed E-state index contributed by atoms with van der Waals surface area (Å²) in [6, 6.07) is 12.5. The molecule has 0 bridgehead atoms. The fourth-order valence-electron chi connectivity index (χ4n) is 2.66. The van der Waals surface area contributed by atoms with Gasteiger partial charge in [0.2, 0.25) is 0 Å².